The molecule has 0 fully saturated rings. The molecule has 11 heteroatoms. The van der Waals surface area contributed by atoms with Crippen molar-refractivity contribution in [2.45, 2.75) is 18.4 Å². The zero-order chi connectivity index (χ0) is 14.2. The van der Waals surface area contributed by atoms with Gasteiger partial charge in [-0.15, -0.1) is 0 Å². The number of hydrogen-bond acceptors (Lipinski definition) is 5. The molecule has 0 saturated carbocycles. The molecule has 2 amide bonds. The summed E-state index contributed by atoms with van der Waals surface area (Å²) in [7, 11) is 0. The number of carboxylic acid groups (broad SMARTS) is 3. The summed E-state index contributed by atoms with van der Waals surface area (Å²) >= 11 is 0. The molecule has 0 aliphatic heterocycles. The first-order valence-electron chi connectivity index (χ1n) is 3.95. The number of primary amides is 2. The van der Waals surface area contributed by atoms with Crippen LogP contribution >= 0.6 is 0 Å². The fourth-order valence-electron chi connectivity index (χ4n) is 0.714. The predicted molar refractivity (Wildman–Crippen MR) is 52.0 cm³/mol. The Morgan fingerprint density at radius 2 is 1.17 bits per heavy atom. The summed E-state index contributed by atoms with van der Waals surface area (Å²) in [5.74, 6) is -5.02. The van der Waals surface area contributed by atoms with Gasteiger partial charge in [-0.2, -0.15) is 0 Å². The van der Waals surface area contributed by atoms with E-state index in [1.807, 2.05) is 0 Å². The van der Waals surface area contributed by atoms with Crippen molar-refractivity contribution in [2.24, 2.45) is 11.5 Å². The molecule has 0 saturated heterocycles. The number of rotatable bonds is 5. The van der Waals surface area contributed by atoms with E-state index in [9.17, 15) is 14.4 Å². The molecule has 0 aromatic carbocycles. The molecule has 0 aromatic rings. The number of hydrogen-bond donors (Lipinski definition) is 6. The van der Waals surface area contributed by atoms with E-state index in [2.05, 4.69) is 11.5 Å². The van der Waals surface area contributed by atoms with Crippen LogP contribution in [0.5, 0.6) is 0 Å². The minimum Gasteiger partial charge on any atom is -1.00 e. The van der Waals surface area contributed by atoms with Crippen molar-refractivity contribution in [1.82, 2.24) is 0 Å². The van der Waals surface area contributed by atoms with Crippen LogP contribution in [-0.2, 0) is 14.4 Å². The maximum atomic E-state index is 10.3. The number of amides is 2. The number of urea groups is 1. The zero-order valence-corrected chi connectivity index (χ0v) is 11.5. The van der Waals surface area contributed by atoms with Gasteiger partial charge in [0.05, 0.1) is 12.8 Å². The van der Waals surface area contributed by atoms with Gasteiger partial charge in [-0.1, -0.05) is 0 Å². The van der Waals surface area contributed by atoms with Crippen LogP contribution in [0.3, 0.4) is 0 Å². The van der Waals surface area contributed by atoms with E-state index >= 15 is 0 Å². The van der Waals surface area contributed by atoms with Crippen LogP contribution in [0.15, 0.2) is 0 Å². The second-order valence-corrected chi connectivity index (χ2v) is 2.88. The fourth-order valence-corrected chi connectivity index (χ4v) is 0.714. The predicted octanol–water partition coefficient (Wildman–Crippen LogP) is -5.11. The van der Waals surface area contributed by atoms with Crippen LogP contribution in [0.4, 0.5) is 4.79 Å². The van der Waals surface area contributed by atoms with Crippen LogP contribution in [0.1, 0.15) is 14.3 Å². The van der Waals surface area contributed by atoms with Crippen molar-refractivity contribution in [2.75, 3.05) is 0 Å². The molecule has 8 N–H and O–H groups in total. The molecule has 0 radical (unpaired) electrons. The summed E-state index contributed by atoms with van der Waals surface area (Å²) in [6.45, 7) is 0. The third-order valence-electron chi connectivity index (χ3n) is 1.29. The standard InChI is InChI=1S/C6H8O7.CH4N2O.Na.H/c7-3(8)1-6(13,5(11)12)2-4(9)10;2-1(3)4;;/h13H,1-2H2,(H,7,8)(H,9,10)(H,11,12);(H4,2,3,4);;/q;;+1;-1. The Kier molecular flexibility index (Phi) is 11.7. The van der Waals surface area contributed by atoms with Crippen LogP contribution in [0, 0.1) is 0 Å². The van der Waals surface area contributed by atoms with Gasteiger partial charge >= 0.3 is 53.5 Å². The molecule has 0 unspecified atom stereocenters. The molecule has 0 atom stereocenters. The van der Waals surface area contributed by atoms with Gasteiger partial charge < -0.3 is 33.3 Å². The van der Waals surface area contributed by atoms with Gasteiger partial charge in [0, 0.05) is 0 Å². The molecule has 0 spiro atoms. The summed E-state index contributed by atoms with van der Waals surface area (Å²) in [5, 5.41) is 33.8. The van der Waals surface area contributed by atoms with Crippen molar-refractivity contribution in [3.63, 3.8) is 0 Å². The number of carbonyl (C=O) groups is 4. The summed E-state index contributed by atoms with van der Waals surface area (Å²) < 4.78 is 0. The molecule has 100 valence electrons. The normalized spacial score (nSPS) is 9.17. The maximum absolute atomic E-state index is 10.3. The maximum Gasteiger partial charge on any atom is 1.00 e. The van der Waals surface area contributed by atoms with Gasteiger partial charge in [0.25, 0.3) is 0 Å². The molecular formula is C7H13N2NaO8. The second-order valence-electron chi connectivity index (χ2n) is 2.88. The van der Waals surface area contributed by atoms with E-state index in [1.165, 1.54) is 0 Å². The van der Waals surface area contributed by atoms with Gasteiger partial charge in [-0.05, 0) is 0 Å². The molecule has 0 heterocycles. The second kappa shape index (κ2) is 9.65. The number of nitrogens with two attached hydrogens (primary N) is 2. The minimum atomic E-state index is -2.74. The van der Waals surface area contributed by atoms with E-state index in [0.717, 1.165) is 0 Å². The first-order valence-corrected chi connectivity index (χ1v) is 3.95. The Balaban J connectivity index is -0.000000165. The van der Waals surface area contributed by atoms with Gasteiger partial charge in [0.2, 0.25) is 0 Å². The molecule has 0 rings (SSSR count). The molecule has 0 aliphatic rings. The summed E-state index contributed by atoms with van der Waals surface area (Å²) in [4.78, 5) is 39.5. The average Bonchev–Trinajstić information content (AvgIpc) is 1.98. The van der Waals surface area contributed by atoms with Crippen molar-refractivity contribution >= 4 is 23.9 Å². The monoisotopic (exact) mass is 276 g/mol. The molecule has 18 heavy (non-hydrogen) atoms. The van der Waals surface area contributed by atoms with Gasteiger partial charge in [-0.3, -0.25) is 9.59 Å². The van der Waals surface area contributed by atoms with E-state index in [-0.39, 0.29) is 31.0 Å². The molecule has 0 aliphatic carbocycles. The molecule has 0 bridgehead atoms. The van der Waals surface area contributed by atoms with Gasteiger partial charge in [0.1, 0.15) is 0 Å². The first-order chi connectivity index (χ1) is 7.51. The Hall–Kier alpha value is -1.36. The molecule has 0 aromatic heterocycles. The Morgan fingerprint density at radius 1 is 0.944 bits per heavy atom. The third-order valence-corrected chi connectivity index (χ3v) is 1.29. The van der Waals surface area contributed by atoms with Crippen LogP contribution < -0.4 is 41.0 Å². The zero-order valence-electron chi connectivity index (χ0n) is 10.5. The third kappa shape index (κ3) is 12.7. The van der Waals surface area contributed by atoms with Gasteiger partial charge in [0.15, 0.2) is 5.60 Å². The van der Waals surface area contributed by atoms with E-state index in [0.29, 0.717) is 0 Å². The summed E-state index contributed by atoms with van der Waals surface area (Å²) in [5.41, 5.74) is 5.76. The van der Waals surface area contributed by atoms with Gasteiger partial charge in [-0.25, -0.2) is 9.59 Å². The summed E-state index contributed by atoms with van der Waals surface area (Å²) in [6, 6.07) is -0.833. The van der Waals surface area contributed by atoms with E-state index in [1.54, 1.807) is 0 Å². The average molecular weight is 276 g/mol. The first kappa shape index (κ1) is 21.9. The number of carbonyl (C=O) groups excluding carboxylic acids is 1. The minimum absolute atomic E-state index is 0. The van der Waals surface area contributed by atoms with Crippen molar-refractivity contribution in [3.05, 3.63) is 0 Å². The number of aliphatic carboxylic acids is 3. The van der Waals surface area contributed by atoms with E-state index < -0.39 is 42.4 Å². The Morgan fingerprint density at radius 3 is 1.28 bits per heavy atom. The Bertz CT molecular complexity index is 317. The van der Waals surface area contributed by atoms with E-state index in [4.69, 9.17) is 25.2 Å². The SMILES string of the molecule is NC(N)=O.O=C(O)CC(O)(CC(=O)O)C(=O)O.[H-].[Na+]. The van der Waals surface area contributed by atoms with Crippen molar-refractivity contribution < 1.29 is 70.6 Å². The van der Waals surface area contributed by atoms with Crippen LogP contribution in [0.25, 0.3) is 0 Å². The largest absolute Gasteiger partial charge is 1.00 e. The fraction of sp³-hybridized carbons (Fsp3) is 0.429. The van der Waals surface area contributed by atoms with Crippen molar-refractivity contribution in [3.8, 4) is 0 Å². The number of aliphatic hydroxyl groups is 1. The molecular weight excluding hydrogens is 263 g/mol. The topological polar surface area (TPSA) is 201 Å². The smallest absolute Gasteiger partial charge is 1.00 e. The van der Waals surface area contributed by atoms with Crippen molar-refractivity contribution in [1.29, 1.82) is 0 Å². The number of carboxylic acids is 3. The Labute approximate surface area is 124 Å². The van der Waals surface area contributed by atoms with Crippen LogP contribution in [0.2, 0.25) is 0 Å². The summed E-state index contributed by atoms with van der Waals surface area (Å²) in [6.07, 6.45) is -2.29. The van der Waals surface area contributed by atoms with Crippen LogP contribution in [-0.4, -0.2) is 50.0 Å². The quantitative estimate of drug-likeness (QED) is 0.267. The molecule has 10 nitrogen and oxygen atoms in total.